The summed E-state index contributed by atoms with van der Waals surface area (Å²) in [4.78, 5) is 0. The molecule has 0 aromatic heterocycles. The van der Waals surface area contributed by atoms with Gasteiger partial charge in [0.05, 0.1) is 6.10 Å². The summed E-state index contributed by atoms with van der Waals surface area (Å²) in [5, 5.41) is 11.1. The lowest BCUT2D eigenvalue weighted by Gasteiger charge is -2.32. The fourth-order valence-electron chi connectivity index (χ4n) is 2.92. The molecule has 17 heavy (non-hydrogen) atoms. The number of aliphatic hydroxyl groups is 1. The van der Waals surface area contributed by atoms with Gasteiger partial charge >= 0.3 is 0 Å². The summed E-state index contributed by atoms with van der Waals surface area (Å²) in [5.41, 5.74) is 1.01. The number of hydrogen-bond acceptors (Lipinski definition) is 1. The number of halogens is 1. The van der Waals surface area contributed by atoms with Crippen molar-refractivity contribution in [2.24, 2.45) is 11.8 Å². The van der Waals surface area contributed by atoms with E-state index in [9.17, 15) is 5.11 Å². The van der Waals surface area contributed by atoms with Crippen molar-refractivity contribution in [2.45, 2.75) is 45.1 Å². The van der Waals surface area contributed by atoms with Crippen molar-refractivity contribution in [3.05, 3.63) is 34.9 Å². The third-order valence-electron chi connectivity index (χ3n) is 4.06. The van der Waals surface area contributed by atoms with Gasteiger partial charge in [0, 0.05) is 5.02 Å². The Morgan fingerprint density at radius 1 is 1.29 bits per heavy atom. The fraction of sp³-hybridized carbons (Fsp3) is 0.600. The average Bonchev–Trinajstić information content (AvgIpc) is 2.39. The molecule has 1 aliphatic rings. The second-order valence-corrected chi connectivity index (χ2v) is 5.63. The minimum Gasteiger partial charge on any atom is -0.388 e. The molecule has 0 aliphatic heterocycles. The molecule has 1 aromatic rings. The molecule has 0 amide bonds. The maximum absolute atomic E-state index is 10.4. The Morgan fingerprint density at radius 2 is 2.00 bits per heavy atom. The number of hydrogen-bond donors (Lipinski definition) is 1. The van der Waals surface area contributed by atoms with Crippen LogP contribution in [0.2, 0.25) is 5.02 Å². The van der Waals surface area contributed by atoms with E-state index in [0.717, 1.165) is 22.9 Å². The van der Waals surface area contributed by atoms with Crippen LogP contribution in [-0.2, 0) is 0 Å². The van der Waals surface area contributed by atoms with Crippen molar-refractivity contribution in [1.29, 1.82) is 0 Å². The van der Waals surface area contributed by atoms with Crippen LogP contribution in [0.1, 0.15) is 50.7 Å². The summed E-state index contributed by atoms with van der Waals surface area (Å²) in [6, 6.07) is 7.62. The topological polar surface area (TPSA) is 20.2 Å². The summed E-state index contributed by atoms with van der Waals surface area (Å²) in [7, 11) is 0. The van der Waals surface area contributed by atoms with Gasteiger partial charge < -0.3 is 5.11 Å². The van der Waals surface area contributed by atoms with E-state index >= 15 is 0 Å². The van der Waals surface area contributed by atoms with Crippen molar-refractivity contribution in [3.8, 4) is 0 Å². The van der Waals surface area contributed by atoms with Gasteiger partial charge in [-0.15, -0.1) is 0 Å². The lowest BCUT2D eigenvalue weighted by molar-refractivity contribution is 0.0678. The molecule has 1 aliphatic carbocycles. The lowest BCUT2D eigenvalue weighted by Crippen LogP contribution is -2.21. The van der Waals surface area contributed by atoms with E-state index in [0.29, 0.717) is 5.92 Å². The second kappa shape index (κ2) is 5.88. The Morgan fingerprint density at radius 3 is 2.65 bits per heavy atom. The van der Waals surface area contributed by atoms with E-state index in [-0.39, 0.29) is 6.10 Å². The number of rotatable bonds is 3. The van der Waals surface area contributed by atoms with Crippen molar-refractivity contribution >= 4 is 11.6 Å². The van der Waals surface area contributed by atoms with Crippen LogP contribution in [0.3, 0.4) is 0 Å². The maximum Gasteiger partial charge on any atom is 0.0818 e. The molecule has 1 fully saturated rings. The highest BCUT2D eigenvalue weighted by Crippen LogP contribution is 2.38. The van der Waals surface area contributed by atoms with E-state index < -0.39 is 0 Å². The summed E-state index contributed by atoms with van der Waals surface area (Å²) in [5.74, 6) is 1.23. The van der Waals surface area contributed by atoms with E-state index in [1.54, 1.807) is 0 Å². The van der Waals surface area contributed by atoms with Crippen LogP contribution in [0, 0.1) is 11.8 Å². The maximum atomic E-state index is 10.4. The molecule has 1 nitrogen and oxygen atoms in total. The van der Waals surface area contributed by atoms with Gasteiger partial charge in [0.1, 0.15) is 0 Å². The molecule has 0 radical (unpaired) electrons. The predicted octanol–water partition coefficient (Wildman–Crippen LogP) is 4.59. The van der Waals surface area contributed by atoms with Gasteiger partial charge in [-0.2, -0.15) is 0 Å². The highest BCUT2D eigenvalue weighted by molar-refractivity contribution is 6.30. The molecular weight excluding hydrogens is 232 g/mol. The lowest BCUT2D eigenvalue weighted by atomic mass is 9.76. The Labute approximate surface area is 109 Å². The normalized spacial score (nSPS) is 26.8. The Kier molecular flexibility index (Phi) is 4.47. The molecule has 0 spiro atoms. The van der Waals surface area contributed by atoms with Crippen LogP contribution < -0.4 is 0 Å². The fourth-order valence-corrected chi connectivity index (χ4v) is 3.05. The van der Waals surface area contributed by atoms with Crippen LogP contribution >= 0.6 is 11.6 Å². The van der Waals surface area contributed by atoms with Crippen LogP contribution in [-0.4, -0.2) is 5.11 Å². The molecule has 0 heterocycles. The molecule has 1 aromatic carbocycles. The Balaban J connectivity index is 2.03. The molecule has 0 bridgehead atoms. The van der Waals surface area contributed by atoms with Crippen LogP contribution in [0.4, 0.5) is 0 Å². The largest absolute Gasteiger partial charge is 0.388 e. The van der Waals surface area contributed by atoms with Gasteiger partial charge in [-0.1, -0.05) is 49.9 Å². The molecule has 1 saturated carbocycles. The van der Waals surface area contributed by atoms with Gasteiger partial charge in [0.15, 0.2) is 0 Å². The SMILES string of the molecule is CCC1CCCC(C(O)c2ccc(Cl)cc2)C1. The Bertz CT molecular complexity index is 346. The smallest absolute Gasteiger partial charge is 0.0818 e. The molecule has 1 N–H and O–H groups in total. The van der Waals surface area contributed by atoms with Crippen molar-refractivity contribution in [1.82, 2.24) is 0 Å². The first-order valence-corrected chi connectivity index (χ1v) is 7.02. The van der Waals surface area contributed by atoms with Gasteiger partial charge in [-0.05, 0) is 42.4 Å². The second-order valence-electron chi connectivity index (χ2n) is 5.20. The predicted molar refractivity (Wildman–Crippen MR) is 72.2 cm³/mol. The molecule has 2 heteroatoms. The monoisotopic (exact) mass is 252 g/mol. The van der Waals surface area contributed by atoms with Gasteiger partial charge in [0.2, 0.25) is 0 Å². The van der Waals surface area contributed by atoms with Gasteiger partial charge in [-0.25, -0.2) is 0 Å². The third kappa shape index (κ3) is 3.23. The van der Waals surface area contributed by atoms with Crippen LogP contribution in [0.5, 0.6) is 0 Å². The van der Waals surface area contributed by atoms with Crippen molar-refractivity contribution in [2.75, 3.05) is 0 Å². The van der Waals surface area contributed by atoms with E-state index in [2.05, 4.69) is 6.92 Å². The molecule has 0 saturated heterocycles. The minimum absolute atomic E-state index is 0.318. The van der Waals surface area contributed by atoms with Gasteiger partial charge in [0.25, 0.3) is 0 Å². The molecule has 3 atom stereocenters. The molecular formula is C15H21ClO. The summed E-state index contributed by atoms with van der Waals surface area (Å²) < 4.78 is 0. The van der Waals surface area contributed by atoms with E-state index in [1.165, 1.54) is 25.7 Å². The average molecular weight is 253 g/mol. The number of aliphatic hydroxyl groups excluding tert-OH is 1. The Hall–Kier alpha value is -0.530. The first-order chi connectivity index (χ1) is 8.20. The summed E-state index contributed by atoms with van der Waals surface area (Å²) >= 11 is 5.87. The first-order valence-electron chi connectivity index (χ1n) is 6.64. The van der Waals surface area contributed by atoms with E-state index in [1.807, 2.05) is 24.3 Å². The molecule has 2 rings (SSSR count). The van der Waals surface area contributed by atoms with E-state index in [4.69, 9.17) is 11.6 Å². The standard InChI is InChI=1S/C15H21ClO/c1-2-11-4-3-5-13(10-11)15(17)12-6-8-14(16)9-7-12/h6-9,11,13,15,17H,2-5,10H2,1H3. The summed E-state index contributed by atoms with van der Waals surface area (Å²) in [6.07, 6.45) is 5.83. The highest BCUT2D eigenvalue weighted by atomic mass is 35.5. The van der Waals surface area contributed by atoms with Crippen LogP contribution in [0.15, 0.2) is 24.3 Å². The number of benzene rings is 1. The molecule has 3 unspecified atom stereocenters. The third-order valence-corrected chi connectivity index (χ3v) is 4.31. The van der Waals surface area contributed by atoms with Gasteiger partial charge in [-0.3, -0.25) is 0 Å². The zero-order valence-electron chi connectivity index (χ0n) is 10.4. The van der Waals surface area contributed by atoms with Crippen LogP contribution in [0.25, 0.3) is 0 Å². The molecule has 94 valence electrons. The zero-order chi connectivity index (χ0) is 12.3. The summed E-state index contributed by atoms with van der Waals surface area (Å²) in [6.45, 7) is 2.25. The van der Waals surface area contributed by atoms with Crippen molar-refractivity contribution in [3.63, 3.8) is 0 Å². The highest BCUT2D eigenvalue weighted by Gasteiger charge is 2.27. The van der Waals surface area contributed by atoms with Crippen molar-refractivity contribution < 1.29 is 5.11 Å². The minimum atomic E-state index is -0.318. The zero-order valence-corrected chi connectivity index (χ0v) is 11.2. The quantitative estimate of drug-likeness (QED) is 0.834. The first kappa shape index (κ1) is 12.9.